The first kappa shape index (κ1) is 10.5. The minimum absolute atomic E-state index is 0.246. The minimum Gasteiger partial charge on any atom is -0.506 e. The summed E-state index contributed by atoms with van der Waals surface area (Å²) in [5, 5.41) is 10.4. The van der Waals surface area contributed by atoms with E-state index in [2.05, 4.69) is 4.98 Å². The summed E-state index contributed by atoms with van der Waals surface area (Å²) in [5.74, 6) is 0.246. The summed E-state index contributed by atoms with van der Waals surface area (Å²) in [6.45, 7) is 6.00. The molecular formula is C12H15NO. The van der Waals surface area contributed by atoms with Crippen molar-refractivity contribution in [2.45, 2.75) is 20.8 Å². The van der Waals surface area contributed by atoms with Gasteiger partial charge in [-0.25, -0.2) is 0 Å². The summed E-state index contributed by atoms with van der Waals surface area (Å²) in [4.78, 5) is 4.09. The molecule has 0 spiro atoms. The van der Waals surface area contributed by atoms with Gasteiger partial charge in [0.05, 0.1) is 0 Å². The van der Waals surface area contributed by atoms with E-state index in [1.54, 1.807) is 12.3 Å². The predicted octanol–water partition coefficient (Wildman–Crippen LogP) is 3.28. The second kappa shape index (κ2) is 4.61. The first-order valence-electron chi connectivity index (χ1n) is 4.82. The molecule has 0 fully saturated rings. The Morgan fingerprint density at radius 1 is 1.14 bits per heavy atom. The number of aromatic hydroxyl groups is 1. The van der Waals surface area contributed by atoms with Crippen LogP contribution in [0, 0.1) is 6.92 Å². The fourth-order valence-electron chi connectivity index (χ4n) is 1.30. The van der Waals surface area contributed by atoms with E-state index < -0.39 is 0 Å². The van der Waals surface area contributed by atoms with Crippen LogP contribution in [-0.4, -0.2) is 10.1 Å². The Kier molecular flexibility index (Phi) is 3.46. The first-order valence-corrected chi connectivity index (χ1v) is 4.82. The summed E-state index contributed by atoms with van der Waals surface area (Å²) >= 11 is 0. The standard InChI is InChI=1S/C10H9NO.C2H6/c1-7-4-5-9(12)10-8(7)3-2-6-11-10;1-2/h2-6,12H,1H3;1-2H3. The monoisotopic (exact) mass is 189 g/mol. The number of benzene rings is 1. The average molecular weight is 189 g/mol. The van der Waals surface area contributed by atoms with Crippen LogP contribution >= 0.6 is 0 Å². The number of aromatic nitrogens is 1. The van der Waals surface area contributed by atoms with E-state index in [-0.39, 0.29) is 5.75 Å². The zero-order valence-corrected chi connectivity index (χ0v) is 8.78. The van der Waals surface area contributed by atoms with Crippen molar-refractivity contribution in [1.29, 1.82) is 0 Å². The van der Waals surface area contributed by atoms with Crippen LogP contribution in [0.1, 0.15) is 19.4 Å². The SMILES string of the molecule is CC.Cc1ccc(O)c2ncccc12. The summed E-state index contributed by atoms with van der Waals surface area (Å²) in [5.41, 5.74) is 1.81. The van der Waals surface area contributed by atoms with Gasteiger partial charge < -0.3 is 5.11 Å². The third-order valence-corrected chi connectivity index (χ3v) is 1.97. The molecule has 1 aromatic carbocycles. The molecule has 2 heteroatoms. The molecule has 0 radical (unpaired) electrons. The topological polar surface area (TPSA) is 33.1 Å². The number of phenolic OH excluding ortho intramolecular Hbond substituents is 1. The van der Waals surface area contributed by atoms with Crippen molar-refractivity contribution < 1.29 is 5.11 Å². The zero-order chi connectivity index (χ0) is 10.6. The van der Waals surface area contributed by atoms with E-state index in [9.17, 15) is 5.11 Å². The molecule has 74 valence electrons. The second-order valence-corrected chi connectivity index (χ2v) is 2.80. The van der Waals surface area contributed by atoms with E-state index in [4.69, 9.17) is 0 Å². The lowest BCUT2D eigenvalue weighted by Gasteiger charge is -2.01. The summed E-state index contributed by atoms with van der Waals surface area (Å²) < 4.78 is 0. The van der Waals surface area contributed by atoms with Gasteiger partial charge in [0, 0.05) is 11.6 Å². The van der Waals surface area contributed by atoms with E-state index in [1.807, 2.05) is 39.0 Å². The van der Waals surface area contributed by atoms with Gasteiger partial charge in [-0.3, -0.25) is 4.98 Å². The molecule has 0 saturated heterocycles. The summed E-state index contributed by atoms with van der Waals surface area (Å²) in [6.07, 6.45) is 1.68. The first-order chi connectivity index (χ1) is 6.79. The number of aryl methyl sites for hydroxylation is 1. The molecule has 14 heavy (non-hydrogen) atoms. The van der Waals surface area contributed by atoms with Crippen LogP contribution in [0.5, 0.6) is 5.75 Å². The highest BCUT2D eigenvalue weighted by molar-refractivity contribution is 5.86. The summed E-state index contributed by atoms with van der Waals surface area (Å²) in [6, 6.07) is 7.39. The van der Waals surface area contributed by atoms with Crippen molar-refractivity contribution in [3.8, 4) is 5.75 Å². The van der Waals surface area contributed by atoms with Crippen molar-refractivity contribution in [2.75, 3.05) is 0 Å². The maximum atomic E-state index is 9.43. The van der Waals surface area contributed by atoms with Gasteiger partial charge >= 0.3 is 0 Å². The Labute approximate surface area is 84.2 Å². The highest BCUT2D eigenvalue weighted by Gasteiger charge is 2.00. The Hall–Kier alpha value is -1.57. The van der Waals surface area contributed by atoms with Crippen LogP contribution in [-0.2, 0) is 0 Å². The highest BCUT2D eigenvalue weighted by atomic mass is 16.3. The molecule has 0 aliphatic rings. The van der Waals surface area contributed by atoms with Gasteiger partial charge in [0.2, 0.25) is 0 Å². The van der Waals surface area contributed by atoms with Crippen molar-refractivity contribution in [3.05, 3.63) is 36.0 Å². The largest absolute Gasteiger partial charge is 0.506 e. The van der Waals surface area contributed by atoms with E-state index >= 15 is 0 Å². The normalized spacial score (nSPS) is 9.36. The van der Waals surface area contributed by atoms with E-state index in [0.29, 0.717) is 5.52 Å². The Morgan fingerprint density at radius 2 is 1.86 bits per heavy atom. The number of hydrogen-bond acceptors (Lipinski definition) is 2. The molecule has 0 aliphatic heterocycles. The number of hydrogen-bond donors (Lipinski definition) is 1. The van der Waals surface area contributed by atoms with Crippen LogP contribution in [0.15, 0.2) is 30.5 Å². The summed E-state index contributed by atoms with van der Waals surface area (Å²) in [7, 11) is 0. The quantitative estimate of drug-likeness (QED) is 0.690. The molecule has 0 aliphatic carbocycles. The van der Waals surface area contributed by atoms with Crippen LogP contribution in [0.25, 0.3) is 10.9 Å². The molecule has 1 aromatic heterocycles. The average Bonchev–Trinajstić information content (AvgIpc) is 2.27. The van der Waals surface area contributed by atoms with Gasteiger partial charge in [0.25, 0.3) is 0 Å². The molecule has 0 atom stereocenters. The molecule has 1 heterocycles. The molecular weight excluding hydrogens is 174 g/mol. The number of pyridine rings is 1. The van der Waals surface area contributed by atoms with Crippen molar-refractivity contribution >= 4 is 10.9 Å². The lowest BCUT2D eigenvalue weighted by Crippen LogP contribution is -1.81. The lowest BCUT2D eigenvalue weighted by atomic mass is 10.1. The fourth-order valence-corrected chi connectivity index (χ4v) is 1.30. The molecule has 0 saturated carbocycles. The van der Waals surface area contributed by atoms with E-state index in [0.717, 1.165) is 10.9 Å². The van der Waals surface area contributed by atoms with Gasteiger partial charge in [-0.15, -0.1) is 0 Å². The smallest absolute Gasteiger partial charge is 0.141 e. The Balaban J connectivity index is 0.000000461. The van der Waals surface area contributed by atoms with Crippen LogP contribution < -0.4 is 0 Å². The Bertz CT molecular complexity index is 383. The molecule has 2 nitrogen and oxygen atoms in total. The molecule has 1 N–H and O–H groups in total. The lowest BCUT2D eigenvalue weighted by molar-refractivity contribution is 0.480. The minimum atomic E-state index is 0.246. The molecule has 0 bridgehead atoms. The molecule has 0 amide bonds. The third-order valence-electron chi connectivity index (χ3n) is 1.97. The van der Waals surface area contributed by atoms with Crippen LogP contribution in [0.3, 0.4) is 0 Å². The highest BCUT2D eigenvalue weighted by Crippen LogP contribution is 2.24. The fraction of sp³-hybridized carbons (Fsp3) is 0.250. The maximum Gasteiger partial charge on any atom is 0.141 e. The third kappa shape index (κ3) is 1.84. The van der Waals surface area contributed by atoms with Gasteiger partial charge in [-0.05, 0) is 24.6 Å². The van der Waals surface area contributed by atoms with Gasteiger partial charge in [0.1, 0.15) is 11.3 Å². The van der Waals surface area contributed by atoms with Gasteiger partial charge in [0.15, 0.2) is 0 Å². The zero-order valence-electron chi connectivity index (χ0n) is 8.78. The molecule has 2 aromatic rings. The predicted molar refractivity (Wildman–Crippen MR) is 59.5 cm³/mol. The van der Waals surface area contributed by atoms with Crippen LogP contribution in [0.4, 0.5) is 0 Å². The van der Waals surface area contributed by atoms with Crippen molar-refractivity contribution in [2.24, 2.45) is 0 Å². The van der Waals surface area contributed by atoms with Crippen molar-refractivity contribution in [1.82, 2.24) is 4.98 Å². The number of nitrogens with zero attached hydrogens (tertiary/aromatic N) is 1. The van der Waals surface area contributed by atoms with Crippen LogP contribution in [0.2, 0.25) is 0 Å². The van der Waals surface area contributed by atoms with Crippen molar-refractivity contribution in [3.63, 3.8) is 0 Å². The van der Waals surface area contributed by atoms with E-state index in [1.165, 1.54) is 0 Å². The maximum absolute atomic E-state index is 9.43. The molecule has 0 unspecified atom stereocenters. The number of rotatable bonds is 0. The number of fused-ring (bicyclic) bond motifs is 1. The second-order valence-electron chi connectivity index (χ2n) is 2.80. The molecule has 2 rings (SSSR count). The van der Waals surface area contributed by atoms with Gasteiger partial charge in [-0.1, -0.05) is 26.0 Å². The van der Waals surface area contributed by atoms with Gasteiger partial charge in [-0.2, -0.15) is 0 Å². The Morgan fingerprint density at radius 3 is 2.50 bits per heavy atom. The number of phenols is 1.